The number of thioether (sulfide) groups is 1. The van der Waals surface area contributed by atoms with E-state index in [9.17, 15) is 9.59 Å². The maximum Gasteiger partial charge on any atom is 0.256 e. The van der Waals surface area contributed by atoms with Crippen LogP contribution in [0.2, 0.25) is 0 Å². The second-order valence-electron chi connectivity index (χ2n) is 3.73. The van der Waals surface area contributed by atoms with Gasteiger partial charge in [-0.25, -0.2) is 0 Å². The summed E-state index contributed by atoms with van der Waals surface area (Å²) in [6.07, 6.45) is 8.27. The van der Waals surface area contributed by atoms with Crippen molar-refractivity contribution < 1.29 is 4.79 Å². The van der Waals surface area contributed by atoms with E-state index in [1.54, 1.807) is 0 Å². The van der Waals surface area contributed by atoms with Crippen molar-refractivity contribution in [3.8, 4) is 0 Å². The first-order chi connectivity index (χ1) is 8.25. The molecule has 94 valence electrons. The van der Waals surface area contributed by atoms with Gasteiger partial charge in [0.1, 0.15) is 5.56 Å². The van der Waals surface area contributed by atoms with Crippen molar-refractivity contribution >= 4 is 17.7 Å². The van der Waals surface area contributed by atoms with E-state index < -0.39 is 0 Å². The summed E-state index contributed by atoms with van der Waals surface area (Å²) >= 11 is 1.83. The first-order valence-corrected chi connectivity index (χ1v) is 7.09. The normalized spacial score (nSPS) is 10.2. The molecule has 0 radical (unpaired) electrons. The lowest BCUT2D eigenvalue weighted by Gasteiger charge is -2.04. The van der Waals surface area contributed by atoms with Crippen LogP contribution in [0.5, 0.6) is 0 Å². The van der Waals surface area contributed by atoms with E-state index in [1.807, 2.05) is 11.8 Å². The minimum atomic E-state index is -0.295. The lowest BCUT2D eigenvalue weighted by molar-refractivity contribution is 0.0951. The average molecular weight is 254 g/mol. The van der Waals surface area contributed by atoms with Crippen molar-refractivity contribution in [2.45, 2.75) is 19.3 Å². The standard InChI is InChI=1S/C12H18N2O2S/c1-17-8-4-2-3-6-14-12(16)10-9-13-7-5-11(10)15/h5,7,9H,2-4,6,8H2,1H3,(H,13,15)(H,14,16). The predicted octanol–water partition coefficient (Wildman–Crippen LogP) is 1.64. The molecule has 0 aliphatic rings. The molecule has 0 aromatic carbocycles. The second-order valence-corrected chi connectivity index (χ2v) is 4.72. The Bertz CT molecular complexity index is 403. The minimum Gasteiger partial charge on any atom is -0.367 e. The average Bonchev–Trinajstić information content (AvgIpc) is 2.34. The summed E-state index contributed by atoms with van der Waals surface area (Å²) in [6.45, 7) is 0.627. The van der Waals surface area contributed by atoms with E-state index in [4.69, 9.17) is 0 Å². The highest BCUT2D eigenvalue weighted by Crippen LogP contribution is 2.01. The number of carbonyl (C=O) groups excluding carboxylic acids is 1. The maximum atomic E-state index is 11.6. The second kappa shape index (κ2) is 7.95. The number of H-pyrrole nitrogens is 1. The summed E-state index contributed by atoms with van der Waals surface area (Å²) in [6, 6.07) is 1.35. The zero-order valence-corrected chi connectivity index (χ0v) is 10.8. The highest BCUT2D eigenvalue weighted by atomic mass is 32.2. The lowest BCUT2D eigenvalue weighted by atomic mass is 10.2. The molecule has 1 aromatic rings. The van der Waals surface area contributed by atoms with Gasteiger partial charge in [0.25, 0.3) is 5.91 Å². The van der Waals surface area contributed by atoms with Crippen LogP contribution in [-0.2, 0) is 0 Å². The number of nitrogens with one attached hydrogen (secondary N) is 2. The Labute approximate surface area is 105 Å². The van der Waals surface area contributed by atoms with E-state index in [1.165, 1.54) is 24.9 Å². The summed E-state index contributed by atoms with van der Waals surface area (Å²) in [5.74, 6) is 0.864. The first-order valence-electron chi connectivity index (χ1n) is 5.70. The first kappa shape index (κ1) is 13.8. The number of amides is 1. The fourth-order valence-electron chi connectivity index (χ4n) is 1.44. The maximum absolute atomic E-state index is 11.6. The molecule has 0 fully saturated rings. The zero-order chi connectivity index (χ0) is 12.5. The van der Waals surface area contributed by atoms with E-state index in [2.05, 4.69) is 16.6 Å². The number of hydrogen-bond donors (Lipinski definition) is 2. The molecule has 0 atom stereocenters. The van der Waals surface area contributed by atoms with E-state index in [-0.39, 0.29) is 16.9 Å². The number of carbonyl (C=O) groups is 1. The Hall–Kier alpha value is -1.23. The molecule has 0 spiro atoms. The summed E-state index contributed by atoms with van der Waals surface area (Å²) in [5.41, 5.74) is -0.0692. The van der Waals surface area contributed by atoms with Gasteiger partial charge in [0.05, 0.1) is 0 Å². The van der Waals surface area contributed by atoms with Gasteiger partial charge >= 0.3 is 0 Å². The highest BCUT2D eigenvalue weighted by molar-refractivity contribution is 7.98. The van der Waals surface area contributed by atoms with Crippen LogP contribution in [0, 0.1) is 0 Å². The molecule has 1 amide bonds. The molecule has 4 nitrogen and oxygen atoms in total. The van der Waals surface area contributed by atoms with Gasteiger partial charge in [-0.3, -0.25) is 9.59 Å². The highest BCUT2D eigenvalue weighted by Gasteiger charge is 2.07. The molecule has 1 heterocycles. The number of pyridine rings is 1. The van der Waals surface area contributed by atoms with Crippen LogP contribution in [0.15, 0.2) is 23.3 Å². The largest absolute Gasteiger partial charge is 0.367 e. The molecule has 1 aromatic heterocycles. The SMILES string of the molecule is CSCCCCCNC(=O)c1c[nH]ccc1=O. The fraction of sp³-hybridized carbons (Fsp3) is 0.500. The minimum absolute atomic E-state index is 0.177. The van der Waals surface area contributed by atoms with Crippen LogP contribution in [-0.4, -0.2) is 29.4 Å². The molecule has 0 bridgehead atoms. The smallest absolute Gasteiger partial charge is 0.256 e. The van der Waals surface area contributed by atoms with Crippen molar-refractivity contribution in [1.82, 2.24) is 10.3 Å². The number of unbranched alkanes of at least 4 members (excludes halogenated alkanes) is 2. The Morgan fingerprint density at radius 1 is 1.41 bits per heavy atom. The monoisotopic (exact) mass is 254 g/mol. The van der Waals surface area contributed by atoms with Crippen LogP contribution in [0.4, 0.5) is 0 Å². The van der Waals surface area contributed by atoms with Crippen molar-refractivity contribution in [1.29, 1.82) is 0 Å². The van der Waals surface area contributed by atoms with Crippen LogP contribution >= 0.6 is 11.8 Å². The van der Waals surface area contributed by atoms with E-state index >= 15 is 0 Å². The molecule has 17 heavy (non-hydrogen) atoms. The number of hydrogen-bond acceptors (Lipinski definition) is 3. The zero-order valence-electron chi connectivity index (χ0n) is 9.99. The van der Waals surface area contributed by atoms with Crippen molar-refractivity contribution in [2.24, 2.45) is 0 Å². The number of rotatable bonds is 7. The molecule has 0 saturated carbocycles. The van der Waals surface area contributed by atoms with Crippen molar-refractivity contribution in [2.75, 3.05) is 18.6 Å². The van der Waals surface area contributed by atoms with Crippen LogP contribution < -0.4 is 10.7 Å². The Kier molecular flexibility index (Phi) is 6.47. The van der Waals surface area contributed by atoms with Gasteiger partial charge in [-0.15, -0.1) is 0 Å². The van der Waals surface area contributed by atoms with Crippen LogP contribution in [0.3, 0.4) is 0 Å². The summed E-state index contributed by atoms with van der Waals surface area (Å²) in [4.78, 5) is 25.7. The molecule has 2 N–H and O–H groups in total. The molecule has 1 rings (SSSR count). The van der Waals surface area contributed by atoms with E-state index in [0.29, 0.717) is 6.54 Å². The predicted molar refractivity (Wildman–Crippen MR) is 71.6 cm³/mol. The molecule has 0 unspecified atom stereocenters. The van der Waals surface area contributed by atoms with Crippen LogP contribution in [0.1, 0.15) is 29.6 Å². The topological polar surface area (TPSA) is 62.0 Å². The molecule has 0 aliphatic heterocycles. The molecular formula is C12H18N2O2S. The van der Waals surface area contributed by atoms with Gasteiger partial charge < -0.3 is 10.3 Å². The lowest BCUT2D eigenvalue weighted by Crippen LogP contribution is -2.29. The van der Waals surface area contributed by atoms with Gasteiger partial charge in [-0.1, -0.05) is 6.42 Å². The van der Waals surface area contributed by atoms with Gasteiger partial charge in [-0.05, 0) is 24.9 Å². The van der Waals surface area contributed by atoms with Crippen LogP contribution in [0.25, 0.3) is 0 Å². The van der Waals surface area contributed by atoms with E-state index in [0.717, 1.165) is 18.6 Å². The van der Waals surface area contributed by atoms with Gasteiger partial charge in [0.15, 0.2) is 5.43 Å². The molecule has 0 saturated heterocycles. The van der Waals surface area contributed by atoms with Crippen molar-refractivity contribution in [3.05, 3.63) is 34.2 Å². The Balaban J connectivity index is 2.26. The van der Waals surface area contributed by atoms with Gasteiger partial charge in [0.2, 0.25) is 0 Å². The van der Waals surface area contributed by atoms with Gasteiger partial charge in [0, 0.05) is 25.0 Å². The summed E-state index contributed by atoms with van der Waals surface area (Å²) in [5, 5.41) is 2.75. The summed E-state index contributed by atoms with van der Waals surface area (Å²) < 4.78 is 0. The Morgan fingerprint density at radius 2 is 2.24 bits per heavy atom. The molecule has 0 aliphatic carbocycles. The Morgan fingerprint density at radius 3 is 2.94 bits per heavy atom. The third-order valence-electron chi connectivity index (χ3n) is 2.38. The number of aromatic amines is 1. The quantitative estimate of drug-likeness (QED) is 0.727. The van der Waals surface area contributed by atoms with Crippen molar-refractivity contribution in [3.63, 3.8) is 0 Å². The molecule has 5 heteroatoms. The van der Waals surface area contributed by atoms with Gasteiger partial charge in [-0.2, -0.15) is 11.8 Å². The molecular weight excluding hydrogens is 236 g/mol. The number of aromatic nitrogens is 1. The fourth-order valence-corrected chi connectivity index (χ4v) is 1.93. The summed E-state index contributed by atoms with van der Waals surface area (Å²) in [7, 11) is 0. The third-order valence-corrected chi connectivity index (χ3v) is 3.08. The third kappa shape index (κ3) is 5.08.